The third-order valence-corrected chi connectivity index (χ3v) is 3.54. The topological polar surface area (TPSA) is 86.8 Å². The summed E-state index contributed by atoms with van der Waals surface area (Å²) in [5.41, 5.74) is 1.34. The number of nitrogens with one attached hydrogen (secondary N) is 2. The number of hydrogen-bond acceptors (Lipinski definition) is 5. The zero-order valence-electron chi connectivity index (χ0n) is 12.9. The van der Waals surface area contributed by atoms with Crippen LogP contribution in [0.25, 0.3) is 11.2 Å². The summed E-state index contributed by atoms with van der Waals surface area (Å²) in [4.78, 5) is 29.3. The number of aromatic amines is 1. The lowest BCUT2D eigenvalue weighted by atomic mass is 10.0. The number of rotatable bonds is 6. The van der Waals surface area contributed by atoms with Gasteiger partial charge in [0.2, 0.25) is 5.91 Å². The molecule has 0 aromatic carbocycles. The van der Waals surface area contributed by atoms with Crippen LogP contribution in [0.5, 0.6) is 0 Å². The zero-order valence-corrected chi connectivity index (χ0v) is 12.9. The number of nitrogens with zero attached hydrogens (tertiary/aromatic N) is 4. The monoisotopic (exact) mass is 290 g/mol. The molecule has 0 aliphatic heterocycles. The highest BCUT2D eigenvalue weighted by Gasteiger charge is 2.17. The smallest absolute Gasteiger partial charge is 0.239 e. The summed E-state index contributed by atoms with van der Waals surface area (Å²) in [7, 11) is 1.83. The van der Waals surface area contributed by atoms with Crippen LogP contribution in [0.1, 0.15) is 27.2 Å². The van der Waals surface area contributed by atoms with E-state index in [0.717, 1.165) is 11.9 Å². The Hall–Kier alpha value is -2.18. The average molecular weight is 290 g/mol. The van der Waals surface area contributed by atoms with Crippen LogP contribution in [0.15, 0.2) is 12.7 Å². The summed E-state index contributed by atoms with van der Waals surface area (Å²) in [5, 5.41) is 3.06. The number of amides is 1. The number of aromatic nitrogens is 4. The molecule has 2 N–H and O–H groups in total. The van der Waals surface area contributed by atoms with Crippen LogP contribution in [-0.2, 0) is 4.79 Å². The molecule has 0 unspecified atom stereocenters. The summed E-state index contributed by atoms with van der Waals surface area (Å²) in [6.45, 7) is 6.54. The molecule has 2 aromatic heterocycles. The molecule has 0 fully saturated rings. The van der Waals surface area contributed by atoms with Gasteiger partial charge in [0, 0.05) is 13.1 Å². The van der Waals surface area contributed by atoms with Gasteiger partial charge in [-0.1, -0.05) is 20.8 Å². The lowest BCUT2D eigenvalue weighted by Gasteiger charge is -2.23. The molecule has 7 heteroatoms. The normalized spacial score (nSPS) is 12.6. The summed E-state index contributed by atoms with van der Waals surface area (Å²) in [6.07, 6.45) is 3.95. The summed E-state index contributed by atoms with van der Waals surface area (Å²) >= 11 is 0. The van der Waals surface area contributed by atoms with Gasteiger partial charge in [0.25, 0.3) is 0 Å². The Labute approximate surface area is 124 Å². The zero-order chi connectivity index (χ0) is 15.4. The average Bonchev–Trinajstić information content (AvgIpc) is 2.92. The number of H-pyrrole nitrogens is 1. The predicted molar refractivity (Wildman–Crippen MR) is 82.0 cm³/mol. The molecular weight excluding hydrogens is 268 g/mol. The fourth-order valence-corrected chi connectivity index (χ4v) is 2.32. The summed E-state index contributed by atoms with van der Waals surface area (Å²) in [6, 6.07) is 0.198. The van der Waals surface area contributed by atoms with E-state index in [0.29, 0.717) is 17.4 Å². The number of anilines is 1. The van der Waals surface area contributed by atoms with Crippen molar-refractivity contribution in [2.75, 3.05) is 18.5 Å². The molecule has 0 radical (unpaired) electrons. The van der Waals surface area contributed by atoms with Crippen molar-refractivity contribution in [3.05, 3.63) is 12.7 Å². The molecule has 7 nitrogen and oxygen atoms in total. The first-order chi connectivity index (χ1) is 10.0. The fourth-order valence-electron chi connectivity index (χ4n) is 2.32. The minimum atomic E-state index is -0.00988. The number of carbonyl (C=O) groups excluding carboxylic acids is 1. The maximum Gasteiger partial charge on any atom is 0.239 e. The maximum absolute atomic E-state index is 12.2. The third kappa shape index (κ3) is 3.48. The van der Waals surface area contributed by atoms with Gasteiger partial charge in [-0.3, -0.25) is 4.79 Å². The van der Waals surface area contributed by atoms with E-state index in [1.54, 1.807) is 11.2 Å². The first-order valence-electron chi connectivity index (χ1n) is 7.17. The molecule has 0 aliphatic carbocycles. The Balaban J connectivity index is 2.05. The van der Waals surface area contributed by atoms with E-state index in [4.69, 9.17) is 0 Å². The van der Waals surface area contributed by atoms with Gasteiger partial charge in [0.05, 0.1) is 12.9 Å². The highest BCUT2D eigenvalue weighted by molar-refractivity contribution is 5.87. The standard InChI is InChI=1S/C14H22N6O/c1-5-10(9(2)3)19-11(21)6-20(4)14-12-13(16-7-15-12)17-8-18-14/h7-10H,5-6H2,1-4H3,(H,19,21)(H,15,16,17,18)/t10-/m1/s1. The largest absolute Gasteiger partial charge is 0.352 e. The number of carbonyl (C=O) groups is 1. The van der Waals surface area contributed by atoms with Crippen molar-refractivity contribution >= 4 is 22.9 Å². The van der Waals surface area contributed by atoms with Gasteiger partial charge in [-0.2, -0.15) is 0 Å². The van der Waals surface area contributed by atoms with E-state index in [-0.39, 0.29) is 18.5 Å². The van der Waals surface area contributed by atoms with Crippen molar-refractivity contribution in [1.29, 1.82) is 0 Å². The minimum absolute atomic E-state index is 0.00988. The molecule has 0 saturated heterocycles. The van der Waals surface area contributed by atoms with E-state index in [1.165, 1.54) is 6.33 Å². The van der Waals surface area contributed by atoms with Crippen LogP contribution in [0.2, 0.25) is 0 Å². The van der Waals surface area contributed by atoms with Crippen LogP contribution in [-0.4, -0.2) is 45.5 Å². The molecule has 1 amide bonds. The second kappa shape index (κ2) is 6.51. The highest BCUT2D eigenvalue weighted by atomic mass is 16.2. The first kappa shape index (κ1) is 15.2. The molecular formula is C14H22N6O. The lowest BCUT2D eigenvalue weighted by molar-refractivity contribution is -0.120. The second-order valence-electron chi connectivity index (χ2n) is 5.48. The van der Waals surface area contributed by atoms with E-state index in [9.17, 15) is 4.79 Å². The van der Waals surface area contributed by atoms with Crippen LogP contribution >= 0.6 is 0 Å². The van der Waals surface area contributed by atoms with Crippen molar-refractivity contribution in [3.63, 3.8) is 0 Å². The van der Waals surface area contributed by atoms with Crippen LogP contribution in [0, 0.1) is 5.92 Å². The summed E-state index contributed by atoms with van der Waals surface area (Å²) < 4.78 is 0. The Morgan fingerprint density at radius 2 is 2.14 bits per heavy atom. The van der Waals surface area contributed by atoms with Crippen LogP contribution in [0.3, 0.4) is 0 Å². The Bertz CT molecular complexity index is 608. The van der Waals surface area contributed by atoms with E-state index in [2.05, 4.69) is 46.0 Å². The van der Waals surface area contributed by atoms with Gasteiger partial charge < -0.3 is 15.2 Å². The SMILES string of the molecule is CC[C@@H](NC(=O)CN(C)c1ncnc2nc[nH]c12)C(C)C. The quantitative estimate of drug-likeness (QED) is 0.838. The number of hydrogen-bond donors (Lipinski definition) is 2. The van der Waals surface area contributed by atoms with Crippen molar-refractivity contribution < 1.29 is 4.79 Å². The van der Waals surface area contributed by atoms with Crippen molar-refractivity contribution in [3.8, 4) is 0 Å². The molecule has 2 rings (SSSR count). The highest BCUT2D eigenvalue weighted by Crippen LogP contribution is 2.17. The number of fused-ring (bicyclic) bond motifs is 1. The molecule has 114 valence electrons. The Morgan fingerprint density at radius 1 is 1.38 bits per heavy atom. The molecule has 2 heterocycles. The predicted octanol–water partition coefficient (Wildman–Crippen LogP) is 1.34. The lowest BCUT2D eigenvalue weighted by Crippen LogP contribution is -2.43. The number of imidazole rings is 1. The maximum atomic E-state index is 12.2. The third-order valence-electron chi connectivity index (χ3n) is 3.54. The van der Waals surface area contributed by atoms with Gasteiger partial charge in [0.15, 0.2) is 11.5 Å². The number of likely N-dealkylation sites (N-methyl/N-ethyl adjacent to an activating group) is 1. The second-order valence-corrected chi connectivity index (χ2v) is 5.48. The summed E-state index contributed by atoms with van der Waals surface area (Å²) in [5.74, 6) is 1.08. The minimum Gasteiger partial charge on any atom is -0.352 e. The van der Waals surface area contributed by atoms with Gasteiger partial charge in [-0.05, 0) is 12.3 Å². The molecule has 2 aromatic rings. The van der Waals surface area contributed by atoms with Crippen LogP contribution < -0.4 is 10.2 Å². The molecule has 1 atom stereocenters. The molecule has 0 saturated carbocycles. The van der Waals surface area contributed by atoms with Gasteiger partial charge in [0.1, 0.15) is 11.8 Å². The van der Waals surface area contributed by atoms with E-state index < -0.39 is 0 Å². The van der Waals surface area contributed by atoms with Gasteiger partial charge in [-0.25, -0.2) is 15.0 Å². The van der Waals surface area contributed by atoms with E-state index in [1.807, 2.05) is 7.05 Å². The van der Waals surface area contributed by atoms with Crippen LogP contribution in [0.4, 0.5) is 5.82 Å². The Morgan fingerprint density at radius 3 is 2.81 bits per heavy atom. The van der Waals surface area contributed by atoms with Crippen molar-refractivity contribution in [1.82, 2.24) is 25.3 Å². The van der Waals surface area contributed by atoms with Gasteiger partial charge in [-0.15, -0.1) is 0 Å². The van der Waals surface area contributed by atoms with Crippen molar-refractivity contribution in [2.24, 2.45) is 5.92 Å². The van der Waals surface area contributed by atoms with Gasteiger partial charge >= 0.3 is 0 Å². The molecule has 21 heavy (non-hydrogen) atoms. The van der Waals surface area contributed by atoms with E-state index >= 15 is 0 Å². The van der Waals surface area contributed by atoms with Crippen molar-refractivity contribution in [2.45, 2.75) is 33.2 Å². The molecule has 0 bridgehead atoms. The molecule has 0 aliphatic rings. The fraction of sp³-hybridized carbons (Fsp3) is 0.571. The molecule has 0 spiro atoms. The Kier molecular flexibility index (Phi) is 4.72. The first-order valence-corrected chi connectivity index (χ1v) is 7.17.